The van der Waals surface area contributed by atoms with Crippen LogP contribution in [0.15, 0.2) is 35.9 Å². The molecule has 0 fully saturated rings. The number of hydrogen-bond acceptors (Lipinski definition) is 3. The lowest BCUT2D eigenvalue weighted by Gasteiger charge is -2.14. The summed E-state index contributed by atoms with van der Waals surface area (Å²) in [7, 11) is 0. The van der Waals surface area contributed by atoms with Gasteiger partial charge in [-0.2, -0.15) is 5.26 Å². The maximum atomic E-state index is 9.36. The lowest BCUT2D eigenvalue weighted by Crippen LogP contribution is -2.25. The Bertz CT molecular complexity index is 1050. The first-order valence-corrected chi connectivity index (χ1v) is 8.42. The molecule has 0 bridgehead atoms. The Kier molecular flexibility index (Phi) is 3.66. The SMILES string of the molecule is N#Cc1nc2c3ccccc3[nH]c2n(CCC2=CCCCC2)c1=N. The van der Waals surface area contributed by atoms with Crippen LogP contribution in [0.2, 0.25) is 0 Å². The van der Waals surface area contributed by atoms with Gasteiger partial charge >= 0.3 is 0 Å². The van der Waals surface area contributed by atoms with Crippen molar-refractivity contribution in [3.8, 4) is 6.07 Å². The molecule has 4 rings (SSSR count). The Labute approximate surface area is 139 Å². The van der Waals surface area contributed by atoms with E-state index in [1.165, 1.54) is 18.4 Å². The third-order valence-electron chi connectivity index (χ3n) is 4.79. The van der Waals surface area contributed by atoms with Crippen molar-refractivity contribution in [2.75, 3.05) is 0 Å². The molecule has 0 saturated carbocycles. The fourth-order valence-electron chi connectivity index (χ4n) is 3.51. The summed E-state index contributed by atoms with van der Waals surface area (Å²) >= 11 is 0. The summed E-state index contributed by atoms with van der Waals surface area (Å²) < 4.78 is 1.90. The van der Waals surface area contributed by atoms with E-state index < -0.39 is 0 Å². The first kappa shape index (κ1) is 14.7. The van der Waals surface area contributed by atoms with Crippen LogP contribution in [-0.2, 0) is 6.54 Å². The minimum atomic E-state index is 0.185. The molecule has 0 spiro atoms. The predicted molar refractivity (Wildman–Crippen MR) is 93.3 cm³/mol. The zero-order chi connectivity index (χ0) is 16.5. The maximum absolute atomic E-state index is 9.36. The number of hydrogen-bond donors (Lipinski definition) is 2. The number of benzene rings is 1. The zero-order valence-electron chi connectivity index (χ0n) is 13.5. The fraction of sp³-hybridized carbons (Fsp3) is 0.316. The van der Waals surface area contributed by atoms with Gasteiger partial charge in [-0.25, -0.2) is 4.98 Å². The summed E-state index contributed by atoms with van der Waals surface area (Å²) in [5.74, 6) is 0. The minimum Gasteiger partial charge on any atom is -0.339 e. The van der Waals surface area contributed by atoms with Crippen molar-refractivity contribution in [1.82, 2.24) is 14.5 Å². The van der Waals surface area contributed by atoms with Crippen LogP contribution in [0.4, 0.5) is 0 Å². The van der Waals surface area contributed by atoms with Crippen molar-refractivity contribution in [3.05, 3.63) is 47.1 Å². The highest BCUT2D eigenvalue weighted by Crippen LogP contribution is 2.24. The number of nitriles is 1. The van der Waals surface area contributed by atoms with Gasteiger partial charge < -0.3 is 9.55 Å². The number of nitrogens with one attached hydrogen (secondary N) is 2. The highest BCUT2D eigenvalue weighted by atomic mass is 15.1. The number of allylic oxidation sites excluding steroid dienone is 2. The maximum Gasteiger partial charge on any atom is 0.183 e. The lowest BCUT2D eigenvalue weighted by atomic mass is 9.97. The third-order valence-corrected chi connectivity index (χ3v) is 4.79. The summed E-state index contributed by atoms with van der Waals surface area (Å²) in [6, 6.07) is 10.0. The first-order chi connectivity index (χ1) is 11.8. The number of aryl methyl sites for hydroxylation is 1. The number of para-hydroxylation sites is 1. The second kappa shape index (κ2) is 5.97. The molecular weight excluding hydrogens is 298 g/mol. The topological polar surface area (TPSA) is 81.2 Å². The molecule has 0 aliphatic heterocycles. The average Bonchev–Trinajstić information content (AvgIpc) is 2.99. The van der Waals surface area contributed by atoms with Crippen LogP contribution in [-0.4, -0.2) is 14.5 Å². The van der Waals surface area contributed by atoms with Gasteiger partial charge in [-0.05, 0) is 38.2 Å². The monoisotopic (exact) mass is 317 g/mol. The van der Waals surface area contributed by atoms with Crippen molar-refractivity contribution < 1.29 is 0 Å². The quantitative estimate of drug-likeness (QED) is 0.721. The van der Waals surface area contributed by atoms with Gasteiger partial charge in [0.25, 0.3) is 0 Å². The Hall–Kier alpha value is -2.87. The van der Waals surface area contributed by atoms with Gasteiger partial charge in [0.1, 0.15) is 17.2 Å². The predicted octanol–water partition coefficient (Wildman–Crippen LogP) is 3.76. The van der Waals surface area contributed by atoms with Crippen molar-refractivity contribution in [2.45, 2.75) is 38.6 Å². The van der Waals surface area contributed by atoms with Crippen molar-refractivity contribution in [3.63, 3.8) is 0 Å². The minimum absolute atomic E-state index is 0.185. The van der Waals surface area contributed by atoms with Gasteiger partial charge in [0.2, 0.25) is 0 Å². The number of nitrogens with zero attached hydrogens (tertiary/aromatic N) is 3. The van der Waals surface area contributed by atoms with Gasteiger partial charge in [-0.15, -0.1) is 0 Å². The number of aromatic nitrogens is 3. The molecule has 0 atom stereocenters. The van der Waals surface area contributed by atoms with E-state index in [1.807, 2.05) is 28.8 Å². The van der Waals surface area contributed by atoms with E-state index in [0.717, 1.165) is 41.3 Å². The molecular formula is C19H19N5. The molecule has 1 aliphatic carbocycles. The fourth-order valence-corrected chi connectivity index (χ4v) is 3.51. The Morgan fingerprint density at radius 3 is 2.96 bits per heavy atom. The Morgan fingerprint density at radius 2 is 2.17 bits per heavy atom. The van der Waals surface area contributed by atoms with Crippen LogP contribution >= 0.6 is 0 Å². The van der Waals surface area contributed by atoms with Gasteiger partial charge in [-0.1, -0.05) is 29.8 Å². The number of H-pyrrole nitrogens is 1. The van der Waals surface area contributed by atoms with E-state index in [4.69, 9.17) is 5.41 Å². The highest BCUT2D eigenvalue weighted by Gasteiger charge is 2.14. The molecule has 24 heavy (non-hydrogen) atoms. The number of fused-ring (bicyclic) bond motifs is 3. The van der Waals surface area contributed by atoms with Crippen LogP contribution in [0.1, 0.15) is 37.8 Å². The molecule has 0 amide bonds. The third kappa shape index (κ3) is 2.41. The number of aromatic amines is 1. The second-order valence-corrected chi connectivity index (χ2v) is 6.30. The summed E-state index contributed by atoms with van der Waals surface area (Å²) in [5, 5.41) is 18.7. The van der Waals surface area contributed by atoms with Crippen LogP contribution in [0, 0.1) is 16.7 Å². The van der Waals surface area contributed by atoms with Crippen LogP contribution in [0.25, 0.3) is 22.1 Å². The molecule has 1 aliphatic rings. The molecule has 5 nitrogen and oxygen atoms in total. The van der Waals surface area contributed by atoms with Crippen molar-refractivity contribution >= 4 is 22.1 Å². The molecule has 0 radical (unpaired) electrons. The molecule has 0 saturated heterocycles. The van der Waals surface area contributed by atoms with E-state index in [1.54, 1.807) is 0 Å². The largest absolute Gasteiger partial charge is 0.339 e. The summed E-state index contributed by atoms with van der Waals surface area (Å²) in [4.78, 5) is 7.80. The smallest absolute Gasteiger partial charge is 0.183 e. The van der Waals surface area contributed by atoms with E-state index in [-0.39, 0.29) is 11.2 Å². The van der Waals surface area contributed by atoms with Crippen LogP contribution in [0.5, 0.6) is 0 Å². The van der Waals surface area contributed by atoms with Crippen molar-refractivity contribution in [1.29, 1.82) is 10.7 Å². The summed E-state index contributed by atoms with van der Waals surface area (Å²) in [6.07, 6.45) is 8.11. The molecule has 0 unspecified atom stereocenters. The normalized spacial score (nSPS) is 14.7. The molecule has 120 valence electrons. The van der Waals surface area contributed by atoms with E-state index in [9.17, 15) is 5.26 Å². The summed E-state index contributed by atoms with van der Waals surface area (Å²) in [5.41, 5.74) is 4.43. The molecule has 2 heterocycles. The zero-order valence-corrected chi connectivity index (χ0v) is 13.5. The molecule has 2 N–H and O–H groups in total. The average molecular weight is 317 g/mol. The van der Waals surface area contributed by atoms with E-state index in [2.05, 4.69) is 22.1 Å². The first-order valence-electron chi connectivity index (χ1n) is 8.42. The van der Waals surface area contributed by atoms with E-state index >= 15 is 0 Å². The molecule has 3 aromatic rings. The summed E-state index contributed by atoms with van der Waals surface area (Å²) in [6.45, 7) is 0.700. The van der Waals surface area contributed by atoms with Gasteiger partial charge in [0, 0.05) is 17.4 Å². The molecule has 2 aromatic heterocycles. The highest BCUT2D eigenvalue weighted by molar-refractivity contribution is 6.03. The van der Waals surface area contributed by atoms with E-state index in [0.29, 0.717) is 6.54 Å². The number of rotatable bonds is 3. The van der Waals surface area contributed by atoms with Gasteiger partial charge in [0.05, 0.1) is 0 Å². The van der Waals surface area contributed by atoms with Crippen LogP contribution in [0.3, 0.4) is 0 Å². The second-order valence-electron chi connectivity index (χ2n) is 6.30. The van der Waals surface area contributed by atoms with Crippen LogP contribution < -0.4 is 5.49 Å². The van der Waals surface area contributed by atoms with Gasteiger partial charge in [0.15, 0.2) is 11.2 Å². The lowest BCUT2D eigenvalue weighted by molar-refractivity contribution is 0.613. The Balaban J connectivity index is 1.86. The molecule has 5 heteroatoms. The van der Waals surface area contributed by atoms with Crippen molar-refractivity contribution in [2.24, 2.45) is 0 Å². The van der Waals surface area contributed by atoms with Gasteiger partial charge in [-0.3, -0.25) is 5.41 Å². The standard InChI is InChI=1S/C19H19N5/c20-12-16-18(21)24(11-10-13-6-2-1-3-7-13)19-17(22-16)14-8-4-5-9-15(14)23-19/h4-6,8-9,21,23H,1-3,7,10-11H2. The Morgan fingerprint density at radius 1 is 1.29 bits per heavy atom. The molecule has 1 aromatic carbocycles.